The maximum Gasteiger partial charge on any atom is 0.329 e. The van der Waals surface area contributed by atoms with E-state index in [0.29, 0.717) is 13.0 Å². The van der Waals surface area contributed by atoms with Crippen molar-refractivity contribution in [3.05, 3.63) is 39.8 Å². The SMILES string of the molecule is O=[N+]([O-])c1cnc(Cl)nc1NCCc1cnc[nH]1. The van der Waals surface area contributed by atoms with E-state index in [9.17, 15) is 10.1 Å². The van der Waals surface area contributed by atoms with Crippen LogP contribution in [0.1, 0.15) is 5.69 Å². The zero-order valence-corrected chi connectivity index (χ0v) is 9.89. The lowest BCUT2D eigenvalue weighted by Crippen LogP contribution is -2.09. The summed E-state index contributed by atoms with van der Waals surface area (Å²) < 4.78 is 0. The van der Waals surface area contributed by atoms with Crippen LogP contribution in [0.25, 0.3) is 0 Å². The van der Waals surface area contributed by atoms with Crippen LogP contribution < -0.4 is 5.32 Å². The van der Waals surface area contributed by atoms with Gasteiger partial charge in [-0.1, -0.05) is 0 Å². The smallest absolute Gasteiger partial charge is 0.329 e. The van der Waals surface area contributed by atoms with Crippen LogP contribution in [-0.2, 0) is 6.42 Å². The van der Waals surface area contributed by atoms with Gasteiger partial charge in [0.1, 0.15) is 6.20 Å². The lowest BCUT2D eigenvalue weighted by atomic mass is 10.3. The molecular weight excluding hydrogens is 260 g/mol. The molecule has 0 aliphatic rings. The molecule has 0 saturated carbocycles. The maximum absolute atomic E-state index is 10.8. The first-order chi connectivity index (χ1) is 8.66. The Morgan fingerprint density at radius 3 is 3.00 bits per heavy atom. The van der Waals surface area contributed by atoms with Crippen LogP contribution in [-0.4, -0.2) is 31.4 Å². The number of imidazole rings is 1. The largest absolute Gasteiger partial charge is 0.364 e. The molecule has 0 aliphatic carbocycles. The third kappa shape index (κ3) is 2.92. The van der Waals surface area contributed by atoms with Crippen LogP contribution >= 0.6 is 11.6 Å². The first-order valence-corrected chi connectivity index (χ1v) is 5.42. The fourth-order valence-electron chi connectivity index (χ4n) is 1.35. The zero-order chi connectivity index (χ0) is 13.0. The number of aromatic amines is 1. The van der Waals surface area contributed by atoms with Crippen molar-refractivity contribution in [1.29, 1.82) is 0 Å². The quantitative estimate of drug-likeness (QED) is 0.482. The molecule has 8 nitrogen and oxygen atoms in total. The number of nitro groups is 1. The number of nitrogens with one attached hydrogen (secondary N) is 2. The molecule has 94 valence electrons. The lowest BCUT2D eigenvalue weighted by Gasteiger charge is -2.04. The van der Waals surface area contributed by atoms with Crippen LogP contribution in [0.3, 0.4) is 0 Å². The fraction of sp³-hybridized carbons (Fsp3) is 0.222. The van der Waals surface area contributed by atoms with Crippen molar-refractivity contribution >= 4 is 23.1 Å². The Bertz CT molecular complexity index is 544. The molecule has 0 fully saturated rings. The number of rotatable bonds is 5. The summed E-state index contributed by atoms with van der Waals surface area (Å²) in [7, 11) is 0. The van der Waals surface area contributed by atoms with Crippen molar-refractivity contribution in [2.45, 2.75) is 6.42 Å². The molecule has 18 heavy (non-hydrogen) atoms. The van der Waals surface area contributed by atoms with E-state index in [1.54, 1.807) is 12.5 Å². The molecule has 0 amide bonds. The molecule has 2 heterocycles. The second-order valence-corrected chi connectivity index (χ2v) is 3.72. The Kier molecular flexibility index (Phi) is 3.68. The zero-order valence-electron chi connectivity index (χ0n) is 9.13. The van der Waals surface area contributed by atoms with Gasteiger partial charge >= 0.3 is 5.69 Å². The first-order valence-electron chi connectivity index (χ1n) is 5.05. The minimum Gasteiger partial charge on any atom is -0.364 e. The predicted molar refractivity (Wildman–Crippen MR) is 64.5 cm³/mol. The Morgan fingerprint density at radius 2 is 2.33 bits per heavy atom. The van der Waals surface area contributed by atoms with E-state index in [0.717, 1.165) is 11.9 Å². The Labute approximate surface area is 107 Å². The minimum atomic E-state index is -0.561. The number of nitrogens with zero attached hydrogens (tertiary/aromatic N) is 4. The van der Waals surface area contributed by atoms with E-state index in [2.05, 4.69) is 25.3 Å². The van der Waals surface area contributed by atoms with E-state index in [4.69, 9.17) is 11.6 Å². The minimum absolute atomic E-state index is 0.0374. The second kappa shape index (κ2) is 5.41. The normalized spacial score (nSPS) is 10.3. The second-order valence-electron chi connectivity index (χ2n) is 3.38. The van der Waals surface area contributed by atoms with Gasteiger partial charge in [-0.2, -0.15) is 4.98 Å². The molecule has 0 aliphatic heterocycles. The number of anilines is 1. The molecule has 0 atom stereocenters. The summed E-state index contributed by atoms with van der Waals surface area (Å²) >= 11 is 5.60. The summed E-state index contributed by atoms with van der Waals surface area (Å²) in [5, 5.41) is 13.6. The molecule has 2 aromatic rings. The Hall–Kier alpha value is -2.22. The van der Waals surface area contributed by atoms with Gasteiger partial charge in [-0.25, -0.2) is 9.97 Å². The molecule has 0 unspecified atom stereocenters. The van der Waals surface area contributed by atoms with Crippen molar-refractivity contribution in [2.24, 2.45) is 0 Å². The van der Waals surface area contributed by atoms with Crippen LogP contribution in [0.5, 0.6) is 0 Å². The molecular formula is C9H9ClN6O2. The Balaban J connectivity index is 2.03. The van der Waals surface area contributed by atoms with Gasteiger partial charge in [0.15, 0.2) is 0 Å². The molecule has 2 aromatic heterocycles. The standard InChI is InChI=1S/C9H9ClN6O2/c10-9-13-4-7(16(17)18)8(15-9)12-2-1-6-3-11-5-14-6/h3-5H,1-2H2,(H,11,14)(H,12,13,15). The van der Waals surface area contributed by atoms with Gasteiger partial charge in [-0.05, 0) is 11.6 Å². The molecule has 0 bridgehead atoms. The van der Waals surface area contributed by atoms with Crippen molar-refractivity contribution in [3.63, 3.8) is 0 Å². The third-order valence-electron chi connectivity index (χ3n) is 2.18. The highest BCUT2D eigenvalue weighted by Crippen LogP contribution is 2.21. The van der Waals surface area contributed by atoms with E-state index in [-0.39, 0.29) is 16.8 Å². The fourth-order valence-corrected chi connectivity index (χ4v) is 1.49. The van der Waals surface area contributed by atoms with E-state index >= 15 is 0 Å². The Morgan fingerprint density at radius 1 is 1.50 bits per heavy atom. The summed E-state index contributed by atoms with van der Waals surface area (Å²) in [6.07, 6.45) is 4.97. The van der Waals surface area contributed by atoms with Gasteiger partial charge in [0.25, 0.3) is 0 Å². The summed E-state index contributed by atoms with van der Waals surface area (Å²) in [6, 6.07) is 0. The van der Waals surface area contributed by atoms with E-state index in [1.165, 1.54) is 0 Å². The summed E-state index contributed by atoms with van der Waals surface area (Å²) in [4.78, 5) is 24.4. The van der Waals surface area contributed by atoms with Crippen LogP contribution in [0.15, 0.2) is 18.7 Å². The third-order valence-corrected chi connectivity index (χ3v) is 2.36. The van der Waals surface area contributed by atoms with Crippen molar-refractivity contribution in [3.8, 4) is 0 Å². The number of aromatic nitrogens is 4. The molecule has 0 spiro atoms. The summed E-state index contributed by atoms with van der Waals surface area (Å²) in [6.45, 7) is 0.469. The van der Waals surface area contributed by atoms with Gasteiger partial charge in [-0.3, -0.25) is 10.1 Å². The topological polar surface area (TPSA) is 110 Å². The average Bonchev–Trinajstić information content (AvgIpc) is 2.82. The highest BCUT2D eigenvalue weighted by molar-refractivity contribution is 6.28. The molecule has 0 aromatic carbocycles. The highest BCUT2D eigenvalue weighted by Gasteiger charge is 2.16. The maximum atomic E-state index is 10.8. The molecule has 0 saturated heterocycles. The van der Waals surface area contributed by atoms with Gasteiger partial charge < -0.3 is 10.3 Å². The summed E-state index contributed by atoms with van der Waals surface area (Å²) in [5.41, 5.74) is 0.717. The molecule has 9 heteroatoms. The van der Waals surface area contributed by atoms with Gasteiger partial charge in [0, 0.05) is 24.9 Å². The first kappa shape index (κ1) is 12.2. The van der Waals surface area contributed by atoms with E-state index in [1.807, 2.05) is 0 Å². The van der Waals surface area contributed by atoms with Crippen molar-refractivity contribution < 1.29 is 4.92 Å². The average molecular weight is 269 g/mol. The molecule has 2 rings (SSSR count). The number of H-pyrrole nitrogens is 1. The van der Waals surface area contributed by atoms with Crippen LogP contribution in [0.2, 0.25) is 5.28 Å². The number of hydrogen-bond acceptors (Lipinski definition) is 6. The lowest BCUT2D eigenvalue weighted by molar-refractivity contribution is -0.384. The van der Waals surface area contributed by atoms with Crippen LogP contribution in [0, 0.1) is 10.1 Å². The number of hydrogen-bond donors (Lipinski definition) is 2. The molecule has 2 N–H and O–H groups in total. The van der Waals surface area contributed by atoms with Gasteiger partial charge in [0.05, 0.1) is 11.3 Å². The van der Waals surface area contributed by atoms with Crippen LogP contribution in [0.4, 0.5) is 11.5 Å². The van der Waals surface area contributed by atoms with Gasteiger partial charge in [0.2, 0.25) is 11.1 Å². The highest BCUT2D eigenvalue weighted by atomic mass is 35.5. The number of halogens is 1. The monoisotopic (exact) mass is 268 g/mol. The predicted octanol–water partition coefficient (Wildman–Crippen LogP) is 1.42. The molecule has 0 radical (unpaired) electrons. The van der Waals surface area contributed by atoms with E-state index < -0.39 is 4.92 Å². The van der Waals surface area contributed by atoms with Crippen molar-refractivity contribution in [1.82, 2.24) is 19.9 Å². The van der Waals surface area contributed by atoms with Crippen molar-refractivity contribution in [2.75, 3.05) is 11.9 Å². The van der Waals surface area contributed by atoms with Gasteiger partial charge in [-0.15, -0.1) is 0 Å². The summed E-state index contributed by atoms with van der Waals surface area (Å²) in [5.74, 6) is 0.111.